The molecule has 0 radical (unpaired) electrons. The molecular weight excluding hydrogens is 344 g/mol. The fourth-order valence-electron chi connectivity index (χ4n) is 3.37. The van der Waals surface area contributed by atoms with E-state index in [0.717, 1.165) is 5.69 Å². The van der Waals surface area contributed by atoms with Crippen molar-refractivity contribution in [1.82, 2.24) is 20.0 Å². The number of aromatic nitrogens is 2. The number of carbonyl (C=O) groups excluding carboxylic acids is 1. The highest BCUT2D eigenvalue weighted by atomic mass is 16.3. The summed E-state index contributed by atoms with van der Waals surface area (Å²) in [6.07, 6.45) is 0. The number of hydrogen-bond acceptors (Lipinski definition) is 7. The highest BCUT2D eigenvalue weighted by Gasteiger charge is 2.29. The largest absolute Gasteiger partial charge is 0.507 e. The van der Waals surface area contributed by atoms with Crippen molar-refractivity contribution in [3.8, 4) is 17.0 Å². The lowest BCUT2D eigenvalue weighted by Gasteiger charge is -2.41. The summed E-state index contributed by atoms with van der Waals surface area (Å²) in [5.41, 5.74) is 8.03. The Balaban J connectivity index is 1.81. The number of amides is 1. The first-order chi connectivity index (χ1) is 12.9. The van der Waals surface area contributed by atoms with E-state index in [-0.39, 0.29) is 17.7 Å². The standard InChI is InChI=1S/C19H26N6O2/c1-13-11-24(8-9-25(13)18(27)12-23(2)3)16-10-15(21-22-19(16)20)14-6-4-5-7-17(14)26/h4-7,10,13,26H,8-9,11-12H2,1-3H3,(H2,20,22). The molecule has 2 heterocycles. The SMILES string of the molecule is CC1CN(c2cc(-c3ccccc3O)nnc2N)CCN1C(=O)CN(C)C. The minimum atomic E-state index is 0.0624. The van der Waals surface area contributed by atoms with Gasteiger partial charge in [-0.1, -0.05) is 12.1 Å². The fraction of sp³-hybridized carbons (Fsp3) is 0.421. The zero-order valence-electron chi connectivity index (χ0n) is 16.0. The van der Waals surface area contributed by atoms with Gasteiger partial charge in [0.15, 0.2) is 5.82 Å². The van der Waals surface area contributed by atoms with Crippen LogP contribution in [0.5, 0.6) is 5.75 Å². The second-order valence-corrected chi connectivity index (χ2v) is 7.14. The van der Waals surface area contributed by atoms with Crippen LogP contribution in [0.3, 0.4) is 0 Å². The third-order valence-electron chi connectivity index (χ3n) is 4.72. The number of nitrogen functional groups attached to an aromatic ring is 1. The van der Waals surface area contributed by atoms with E-state index >= 15 is 0 Å². The number of hydrogen-bond donors (Lipinski definition) is 2. The molecule has 27 heavy (non-hydrogen) atoms. The van der Waals surface area contributed by atoms with Crippen LogP contribution in [0.4, 0.5) is 11.5 Å². The maximum atomic E-state index is 12.4. The van der Waals surface area contributed by atoms with Gasteiger partial charge in [0, 0.05) is 31.2 Å². The Kier molecular flexibility index (Phi) is 5.46. The molecule has 144 valence electrons. The quantitative estimate of drug-likeness (QED) is 0.829. The summed E-state index contributed by atoms with van der Waals surface area (Å²) in [4.78, 5) is 18.3. The van der Waals surface area contributed by atoms with Gasteiger partial charge in [-0.05, 0) is 39.2 Å². The van der Waals surface area contributed by atoms with E-state index in [9.17, 15) is 9.90 Å². The molecule has 0 saturated carbocycles. The van der Waals surface area contributed by atoms with Gasteiger partial charge < -0.3 is 25.5 Å². The van der Waals surface area contributed by atoms with Gasteiger partial charge >= 0.3 is 0 Å². The van der Waals surface area contributed by atoms with E-state index < -0.39 is 0 Å². The van der Waals surface area contributed by atoms with Crippen LogP contribution in [0.15, 0.2) is 30.3 Å². The van der Waals surface area contributed by atoms with Gasteiger partial charge in [-0.25, -0.2) is 0 Å². The van der Waals surface area contributed by atoms with Crippen molar-refractivity contribution >= 4 is 17.4 Å². The maximum Gasteiger partial charge on any atom is 0.237 e. The number of carbonyl (C=O) groups is 1. The first-order valence-electron chi connectivity index (χ1n) is 8.97. The number of nitrogens with zero attached hydrogens (tertiary/aromatic N) is 5. The van der Waals surface area contributed by atoms with Gasteiger partial charge in [-0.15, -0.1) is 10.2 Å². The van der Waals surface area contributed by atoms with E-state index in [1.807, 2.05) is 43.0 Å². The number of anilines is 2. The number of phenolic OH excluding ortho intramolecular Hbond substituents is 1. The summed E-state index contributed by atoms with van der Waals surface area (Å²) in [5.74, 6) is 0.618. The maximum absolute atomic E-state index is 12.4. The Hall–Kier alpha value is -2.87. The number of nitrogens with two attached hydrogens (primary N) is 1. The molecule has 1 aliphatic rings. The average molecular weight is 370 g/mol. The molecule has 1 unspecified atom stereocenters. The molecule has 0 spiro atoms. The monoisotopic (exact) mass is 370 g/mol. The van der Waals surface area contributed by atoms with Crippen LogP contribution < -0.4 is 10.6 Å². The Morgan fingerprint density at radius 2 is 2.04 bits per heavy atom. The highest BCUT2D eigenvalue weighted by Crippen LogP contribution is 2.32. The molecule has 2 aromatic rings. The van der Waals surface area contributed by atoms with E-state index in [2.05, 4.69) is 15.1 Å². The lowest BCUT2D eigenvalue weighted by atomic mass is 10.1. The van der Waals surface area contributed by atoms with Gasteiger partial charge in [-0.3, -0.25) is 4.79 Å². The molecule has 0 aliphatic carbocycles. The predicted octanol–water partition coefficient (Wildman–Crippen LogP) is 1.03. The first-order valence-corrected chi connectivity index (χ1v) is 8.97. The third-order valence-corrected chi connectivity index (χ3v) is 4.72. The number of benzene rings is 1. The molecule has 1 aromatic carbocycles. The Bertz CT molecular complexity index is 826. The van der Waals surface area contributed by atoms with Crippen LogP contribution >= 0.6 is 0 Å². The van der Waals surface area contributed by atoms with Crippen molar-refractivity contribution in [3.05, 3.63) is 30.3 Å². The van der Waals surface area contributed by atoms with Crippen LogP contribution in [-0.2, 0) is 4.79 Å². The molecule has 8 heteroatoms. The van der Waals surface area contributed by atoms with E-state index in [0.29, 0.717) is 43.3 Å². The molecule has 1 aromatic heterocycles. The smallest absolute Gasteiger partial charge is 0.237 e. The van der Waals surface area contributed by atoms with Crippen molar-refractivity contribution in [2.45, 2.75) is 13.0 Å². The zero-order valence-corrected chi connectivity index (χ0v) is 16.0. The van der Waals surface area contributed by atoms with Gasteiger partial charge in [0.1, 0.15) is 5.75 Å². The van der Waals surface area contributed by atoms with Crippen LogP contribution in [0.2, 0.25) is 0 Å². The zero-order chi connectivity index (χ0) is 19.6. The van der Waals surface area contributed by atoms with Crippen molar-refractivity contribution in [2.75, 3.05) is 50.9 Å². The molecule has 1 atom stereocenters. The second kappa shape index (κ2) is 7.79. The number of rotatable bonds is 4. The molecule has 1 saturated heterocycles. The number of aromatic hydroxyl groups is 1. The van der Waals surface area contributed by atoms with E-state index in [1.165, 1.54) is 0 Å². The van der Waals surface area contributed by atoms with Gasteiger partial charge in [-0.2, -0.15) is 0 Å². The van der Waals surface area contributed by atoms with Crippen LogP contribution in [0.1, 0.15) is 6.92 Å². The molecule has 0 bridgehead atoms. The molecule has 1 fully saturated rings. The molecular formula is C19H26N6O2. The number of para-hydroxylation sites is 1. The summed E-state index contributed by atoms with van der Waals surface area (Å²) in [6, 6.07) is 8.92. The van der Waals surface area contributed by atoms with Crippen LogP contribution in [0, 0.1) is 0 Å². The average Bonchev–Trinajstić information content (AvgIpc) is 2.62. The van der Waals surface area contributed by atoms with Crippen LogP contribution in [-0.4, -0.2) is 77.3 Å². The lowest BCUT2D eigenvalue weighted by molar-refractivity contribution is -0.134. The molecule has 3 N–H and O–H groups in total. The Labute approximate surface area is 159 Å². The van der Waals surface area contributed by atoms with Crippen molar-refractivity contribution in [1.29, 1.82) is 0 Å². The summed E-state index contributed by atoms with van der Waals surface area (Å²) in [6.45, 7) is 4.39. The van der Waals surface area contributed by atoms with Gasteiger partial charge in [0.05, 0.1) is 17.9 Å². The number of likely N-dealkylation sites (N-methyl/N-ethyl adjacent to an activating group) is 1. The summed E-state index contributed by atoms with van der Waals surface area (Å²) in [5, 5.41) is 18.3. The molecule has 1 amide bonds. The summed E-state index contributed by atoms with van der Waals surface area (Å²) in [7, 11) is 3.78. The second-order valence-electron chi connectivity index (χ2n) is 7.14. The topological polar surface area (TPSA) is 98.8 Å². The molecule has 8 nitrogen and oxygen atoms in total. The summed E-state index contributed by atoms with van der Waals surface area (Å²) >= 11 is 0. The first kappa shape index (κ1) is 18.9. The number of phenols is 1. The van der Waals surface area contributed by atoms with Gasteiger partial charge in [0.2, 0.25) is 5.91 Å². The highest BCUT2D eigenvalue weighted by molar-refractivity contribution is 5.79. The molecule has 1 aliphatic heterocycles. The van der Waals surface area contributed by atoms with Crippen molar-refractivity contribution in [3.63, 3.8) is 0 Å². The number of piperazine rings is 1. The van der Waals surface area contributed by atoms with E-state index in [1.54, 1.807) is 18.2 Å². The predicted molar refractivity (Wildman–Crippen MR) is 105 cm³/mol. The van der Waals surface area contributed by atoms with Crippen LogP contribution in [0.25, 0.3) is 11.3 Å². The summed E-state index contributed by atoms with van der Waals surface area (Å²) < 4.78 is 0. The Morgan fingerprint density at radius 3 is 2.70 bits per heavy atom. The van der Waals surface area contributed by atoms with Crippen molar-refractivity contribution < 1.29 is 9.90 Å². The Morgan fingerprint density at radius 1 is 1.30 bits per heavy atom. The van der Waals surface area contributed by atoms with Crippen molar-refractivity contribution in [2.24, 2.45) is 0 Å². The fourth-order valence-corrected chi connectivity index (χ4v) is 3.37. The minimum Gasteiger partial charge on any atom is -0.507 e. The minimum absolute atomic E-state index is 0.0624. The van der Waals surface area contributed by atoms with E-state index in [4.69, 9.17) is 5.73 Å². The molecule has 3 rings (SSSR count). The van der Waals surface area contributed by atoms with Gasteiger partial charge in [0.25, 0.3) is 0 Å². The third kappa shape index (κ3) is 4.11. The normalized spacial score (nSPS) is 17.4. The lowest BCUT2D eigenvalue weighted by Crippen LogP contribution is -2.55.